The van der Waals surface area contributed by atoms with Crippen molar-refractivity contribution in [1.82, 2.24) is 46.9 Å². The van der Waals surface area contributed by atoms with E-state index >= 15 is 0 Å². The van der Waals surface area contributed by atoms with Gasteiger partial charge in [-0.15, -0.1) is 5.10 Å². The van der Waals surface area contributed by atoms with Crippen molar-refractivity contribution >= 4 is 53.5 Å². The molecule has 0 spiro atoms. The van der Waals surface area contributed by atoms with Gasteiger partial charge in [0.05, 0.1) is 19.3 Å². The minimum absolute atomic E-state index is 0.118. The molecule has 0 saturated heterocycles. The molecule has 0 fully saturated rings. The number of benzene rings is 3. The normalized spacial score (nSPS) is 12.5. The van der Waals surface area contributed by atoms with Crippen molar-refractivity contribution < 1.29 is 52.7 Å². The Labute approximate surface area is 487 Å². The highest BCUT2D eigenvalue weighted by atomic mass is 16.6. The number of hydrogen-bond acceptors (Lipinski definition) is 14. The highest BCUT2D eigenvalue weighted by molar-refractivity contribution is 6.26. The molecule has 1 aromatic heterocycles. The predicted octanol–water partition coefficient (Wildman–Crippen LogP) is 5.10. The maximum atomic E-state index is 12.8. The number of unbranched alkanes of at least 4 members (excludes halogenated alkanes) is 2. The van der Waals surface area contributed by atoms with E-state index in [9.17, 15) is 38.4 Å². The van der Waals surface area contributed by atoms with E-state index in [1.807, 2.05) is 60.6 Å². The van der Waals surface area contributed by atoms with E-state index in [2.05, 4.69) is 47.4 Å². The quantitative estimate of drug-likeness (QED) is 0.0166. The van der Waals surface area contributed by atoms with Crippen molar-refractivity contribution in [2.75, 3.05) is 39.4 Å². The Morgan fingerprint density at radius 2 is 1.13 bits per heavy atom. The average Bonchev–Trinajstić information content (AvgIpc) is 4.00. The molecule has 23 nitrogen and oxygen atoms in total. The number of carbonyl (C=O) groups is 8. The first-order chi connectivity index (χ1) is 39.7. The monoisotopic (exact) mass is 1150 g/mol. The number of nitrogens with two attached hydrogens (primary N) is 2. The molecular formula is C60H88N12O11. The van der Waals surface area contributed by atoms with Crippen LogP contribution in [0.3, 0.4) is 0 Å². The third-order valence-corrected chi connectivity index (χ3v) is 12.6. The van der Waals surface area contributed by atoms with E-state index in [1.54, 1.807) is 78.5 Å². The molecule has 0 aliphatic carbocycles. The van der Waals surface area contributed by atoms with Crippen LogP contribution in [0.5, 0.6) is 5.75 Å². The zero-order valence-corrected chi connectivity index (χ0v) is 49.5. The summed E-state index contributed by atoms with van der Waals surface area (Å²) in [6, 6.07) is 19.6. The molecule has 0 aliphatic rings. The van der Waals surface area contributed by atoms with E-state index in [0.717, 1.165) is 30.2 Å². The second-order valence-corrected chi connectivity index (χ2v) is 21.0. The van der Waals surface area contributed by atoms with Gasteiger partial charge in [-0.25, -0.2) is 4.68 Å². The van der Waals surface area contributed by atoms with Crippen molar-refractivity contribution in [3.8, 4) is 5.75 Å². The molecule has 0 bridgehead atoms. The van der Waals surface area contributed by atoms with Crippen LogP contribution in [0, 0.1) is 23.7 Å². The summed E-state index contributed by atoms with van der Waals surface area (Å²) < 4.78 is 12.8. The number of rotatable bonds is 37. The zero-order chi connectivity index (χ0) is 61.1. The molecule has 4 rings (SSSR count). The molecule has 0 aliphatic heterocycles. The fraction of sp³-hybridized carbons (Fsp3) is 0.517. The lowest BCUT2D eigenvalue weighted by molar-refractivity contribution is -0.130. The van der Waals surface area contributed by atoms with Gasteiger partial charge in [-0.2, -0.15) is 0 Å². The van der Waals surface area contributed by atoms with Crippen molar-refractivity contribution in [2.45, 2.75) is 139 Å². The molecule has 0 radical (unpaired) electrons. The predicted molar refractivity (Wildman–Crippen MR) is 315 cm³/mol. The lowest BCUT2D eigenvalue weighted by Crippen LogP contribution is -2.46. The number of ether oxygens (including phenoxy) is 2. The van der Waals surface area contributed by atoms with E-state index in [0.29, 0.717) is 124 Å². The van der Waals surface area contributed by atoms with Gasteiger partial charge in [-0.1, -0.05) is 82.2 Å². The topological polar surface area (TPSA) is 332 Å². The van der Waals surface area contributed by atoms with Crippen LogP contribution in [0.15, 0.2) is 84.1 Å². The van der Waals surface area contributed by atoms with Gasteiger partial charge in [0.15, 0.2) is 0 Å². The van der Waals surface area contributed by atoms with Crippen molar-refractivity contribution in [1.29, 1.82) is 0 Å². The van der Waals surface area contributed by atoms with Gasteiger partial charge in [0.25, 0.3) is 23.6 Å². The fourth-order valence-electron chi connectivity index (χ4n) is 8.45. The van der Waals surface area contributed by atoms with Gasteiger partial charge in [0, 0.05) is 61.3 Å². The number of carbonyl (C=O) groups excluding carboxylic acids is 8. The molecule has 8 amide bonds. The molecule has 10 N–H and O–H groups in total. The molecule has 454 valence electrons. The van der Waals surface area contributed by atoms with Crippen LogP contribution in [0.25, 0.3) is 0 Å². The number of nitrogens with one attached hydrogen (secondary N) is 6. The Morgan fingerprint density at radius 3 is 1.65 bits per heavy atom. The fourth-order valence-corrected chi connectivity index (χ4v) is 8.45. The Morgan fingerprint density at radius 1 is 0.627 bits per heavy atom. The third-order valence-electron chi connectivity index (χ3n) is 12.6. The second-order valence-electron chi connectivity index (χ2n) is 21.0. The van der Waals surface area contributed by atoms with E-state index in [1.165, 1.54) is 0 Å². The SMILES string of the molecule is CCNC(=O)/C=N/OCc1cccc(C(=O)NCCCC[C@H](NC(=O)[C@@H](C)CC(C)C)C(N)=O)c1.CCOCCNC(=O)c1cccc(OCc2cn(Cc3cccc(C(=O)NCCCC[C@H](NC(=O)[C@@H](C)CC(C)C)C(N)=O)c3)nn2)c1. The molecule has 0 unspecified atom stereocenters. The standard InChI is InChI=1S/C35H49N7O6.C25H39N5O5/c1-5-47-17-16-38-35(46)28-12-9-13-30(20-28)48-23-29-22-42(41-40-29)21-26-10-8-11-27(19-26)34(45)37-15-7-6-14-31(32(36)43)39-33(44)25(4)18-24(2)3;1-5-27-22(31)15-29-35-16-19-9-8-10-20(14-19)25(34)28-12-7-6-11-21(23(26)32)30-24(33)18(4)13-17(2)3/h8-13,19-20,22,24-25,31H,5-7,14-18,21,23H2,1-4H3,(H2,36,43)(H,37,45)(H,38,46)(H,39,44);8-10,14-15,17-18,21H,5-7,11-13,16H2,1-4H3,(H2,26,32)(H,27,31)(H,28,34)(H,30,33)/b;29-15+/t25-,31-;18-,21-/m00/s1. The van der Waals surface area contributed by atoms with Gasteiger partial charge >= 0.3 is 0 Å². The summed E-state index contributed by atoms with van der Waals surface area (Å²) in [5, 5.41) is 28.6. The number of oxime groups is 1. The molecule has 83 heavy (non-hydrogen) atoms. The van der Waals surface area contributed by atoms with Gasteiger partial charge in [-0.05, 0) is 131 Å². The minimum Gasteiger partial charge on any atom is -0.487 e. The van der Waals surface area contributed by atoms with Crippen LogP contribution >= 0.6 is 0 Å². The Hall–Kier alpha value is -8.21. The number of nitrogens with zero attached hydrogens (tertiary/aromatic N) is 4. The lowest BCUT2D eigenvalue weighted by atomic mass is 9.97. The zero-order valence-electron chi connectivity index (χ0n) is 49.5. The maximum absolute atomic E-state index is 12.8. The van der Waals surface area contributed by atoms with E-state index in [-0.39, 0.29) is 60.5 Å². The highest BCUT2D eigenvalue weighted by Gasteiger charge is 2.24. The van der Waals surface area contributed by atoms with Crippen LogP contribution < -0.4 is 48.1 Å². The third kappa shape index (κ3) is 28.4. The van der Waals surface area contributed by atoms with Crippen molar-refractivity contribution in [3.05, 3.63) is 113 Å². The summed E-state index contributed by atoms with van der Waals surface area (Å²) in [6.45, 7) is 19.1. The number of primary amides is 2. The number of amides is 8. The first-order valence-electron chi connectivity index (χ1n) is 28.5. The first kappa shape index (κ1) is 69.1. The molecular weight excluding hydrogens is 1060 g/mol. The van der Waals surface area contributed by atoms with Gasteiger partial charge < -0.3 is 57.7 Å². The molecule has 4 aromatic rings. The van der Waals surface area contributed by atoms with Crippen LogP contribution in [0.2, 0.25) is 0 Å². The Balaban J connectivity index is 0.000000459. The van der Waals surface area contributed by atoms with Crippen LogP contribution in [0.1, 0.15) is 155 Å². The van der Waals surface area contributed by atoms with Crippen LogP contribution in [0.4, 0.5) is 0 Å². The van der Waals surface area contributed by atoms with Gasteiger partial charge in [0.1, 0.15) is 43.0 Å². The Kier molecular flexibility index (Phi) is 32.0. The van der Waals surface area contributed by atoms with Gasteiger partial charge in [0.2, 0.25) is 23.6 Å². The molecule has 3 aromatic carbocycles. The molecule has 0 saturated carbocycles. The highest BCUT2D eigenvalue weighted by Crippen LogP contribution is 2.17. The van der Waals surface area contributed by atoms with E-state index in [4.69, 9.17) is 25.8 Å². The molecule has 23 heteroatoms. The largest absolute Gasteiger partial charge is 0.487 e. The lowest BCUT2D eigenvalue weighted by Gasteiger charge is -2.19. The first-order valence-corrected chi connectivity index (χ1v) is 28.5. The summed E-state index contributed by atoms with van der Waals surface area (Å²) in [4.78, 5) is 102. The van der Waals surface area contributed by atoms with Crippen LogP contribution in [-0.4, -0.2) is 120 Å². The van der Waals surface area contributed by atoms with E-state index < -0.39 is 23.9 Å². The average molecular weight is 1150 g/mol. The maximum Gasteiger partial charge on any atom is 0.265 e. The number of hydrogen-bond donors (Lipinski definition) is 8. The summed E-state index contributed by atoms with van der Waals surface area (Å²) in [6.07, 6.45) is 7.59. The summed E-state index contributed by atoms with van der Waals surface area (Å²) in [7, 11) is 0. The van der Waals surface area contributed by atoms with Crippen molar-refractivity contribution in [3.63, 3.8) is 0 Å². The smallest absolute Gasteiger partial charge is 0.265 e. The summed E-state index contributed by atoms with van der Waals surface area (Å²) in [5.74, 6) is -1.56. The van der Waals surface area contributed by atoms with Gasteiger partial charge in [-0.3, -0.25) is 38.4 Å². The minimum atomic E-state index is -0.732. The summed E-state index contributed by atoms with van der Waals surface area (Å²) in [5.41, 5.74) is 14.6. The second kappa shape index (κ2) is 38.5. The van der Waals surface area contributed by atoms with Crippen molar-refractivity contribution in [2.24, 2.45) is 40.3 Å². The summed E-state index contributed by atoms with van der Waals surface area (Å²) >= 11 is 0. The number of aromatic nitrogens is 3. The Bertz CT molecular complexity index is 2710. The van der Waals surface area contributed by atoms with Crippen LogP contribution in [-0.2, 0) is 53.3 Å². The molecule has 4 atom stereocenters. The molecule has 1 heterocycles.